The number of hydrogen-bond donors (Lipinski definition) is 1. The minimum absolute atomic E-state index is 0.0418. The molecule has 0 aromatic heterocycles. The lowest BCUT2D eigenvalue weighted by atomic mass is 9.76. The van der Waals surface area contributed by atoms with E-state index in [1.165, 1.54) is 5.56 Å². The summed E-state index contributed by atoms with van der Waals surface area (Å²) in [6.07, 6.45) is 6.56. The van der Waals surface area contributed by atoms with Crippen molar-refractivity contribution in [1.82, 2.24) is 0 Å². The van der Waals surface area contributed by atoms with Crippen LogP contribution in [0.2, 0.25) is 0 Å². The van der Waals surface area contributed by atoms with Crippen LogP contribution in [-0.2, 0) is 22.4 Å². The van der Waals surface area contributed by atoms with Crippen molar-refractivity contribution in [1.29, 1.82) is 0 Å². The summed E-state index contributed by atoms with van der Waals surface area (Å²) in [5.41, 5.74) is 4.73. The number of aliphatic hydroxyl groups excluding tert-OH is 1. The average Bonchev–Trinajstić information content (AvgIpc) is 2.71. The van der Waals surface area contributed by atoms with Crippen molar-refractivity contribution in [2.45, 2.75) is 77.7 Å². The van der Waals surface area contributed by atoms with Gasteiger partial charge < -0.3 is 9.84 Å². The molecule has 0 unspecified atom stereocenters. The molecule has 3 nitrogen and oxygen atoms in total. The molecule has 1 aromatic rings. The Morgan fingerprint density at radius 2 is 1.73 bits per heavy atom. The molecule has 0 heterocycles. The zero-order chi connectivity index (χ0) is 18.9. The molecule has 142 valence electrons. The highest BCUT2D eigenvalue weighted by Gasteiger charge is 2.41. The van der Waals surface area contributed by atoms with Crippen LogP contribution in [0.5, 0.6) is 0 Å². The van der Waals surface area contributed by atoms with Gasteiger partial charge in [0.1, 0.15) is 5.76 Å². The molecule has 4 rings (SSSR count). The van der Waals surface area contributed by atoms with E-state index in [1.807, 2.05) is 0 Å². The lowest BCUT2D eigenvalue weighted by molar-refractivity contribution is -0.122. The van der Waals surface area contributed by atoms with E-state index in [2.05, 4.69) is 32.9 Å². The van der Waals surface area contributed by atoms with Gasteiger partial charge >= 0.3 is 0 Å². The summed E-state index contributed by atoms with van der Waals surface area (Å²) in [5, 5.41) is 11.0. The molecule has 3 aliphatic carbocycles. The maximum Gasteiger partial charge on any atom is 0.169 e. The summed E-state index contributed by atoms with van der Waals surface area (Å²) in [7, 11) is 1.73. The van der Waals surface area contributed by atoms with Crippen LogP contribution in [-0.4, -0.2) is 23.6 Å². The second kappa shape index (κ2) is 7.56. The zero-order valence-electron chi connectivity index (χ0n) is 16.7. The van der Waals surface area contributed by atoms with Crippen LogP contribution >= 0.6 is 0 Å². The average molecular weight is 357 g/mol. The van der Waals surface area contributed by atoms with E-state index >= 15 is 0 Å². The summed E-state index contributed by atoms with van der Waals surface area (Å²) >= 11 is 0. The number of carbonyl (C=O) groups excluding carboxylic acids is 1. The van der Waals surface area contributed by atoms with Crippen molar-refractivity contribution in [2.24, 2.45) is 5.92 Å². The minimum atomic E-state index is -0.354. The predicted molar refractivity (Wildman–Crippen MR) is 105 cm³/mol. The summed E-state index contributed by atoms with van der Waals surface area (Å²) in [6, 6.07) is 4.32. The Labute approximate surface area is 157 Å². The lowest BCUT2D eigenvalue weighted by Gasteiger charge is -2.37. The highest BCUT2D eigenvalue weighted by Crippen LogP contribution is 2.44. The van der Waals surface area contributed by atoms with Gasteiger partial charge in [0.05, 0.1) is 11.2 Å². The van der Waals surface area contributed by atoms with Gasteiger partial charge in [-0.15, -0.1) is 0 Å². The van der Waals surface area contributed by atoms with Crippen LogP contribution in [0.15, 0.2) is 17.9 Å². The molecule has 0 spiro atoms. The molecule has 3 aliphatic rings. The van der Waals surface area contributed by atoms with E-state index in [9.17, 15) is 9.90 Å². The van der Waals surface area contributed by atoms with Crippen molar-refractivity contribution in [3.05, 3.63) is 40.1 Å². The molecule has 0 atom stereocenters. The van der Waals surface area contributed by atoms with E-state index in [4.69, 9.17) is 4.74 Å². The van der Waals surface area contributed by atoms with Gasteiger partial charge in [-0.3, -0.25) is 4.79 Å². The number of allylic oxidation sites excluding steroid dienone is 2. The molecular weight excluding hydrogens is 324 g/mol. The Hall–Kier alpha value is -1.61. The Kier molecular flexibility index (Phi) is 5.57. The first-order chi connectivity index (χ1) is 12.4. The fourth-order valence-electron chi connectivity index (χ4n) is 4.88. The quantitative estimate of drug-likeness (QED) is 0.793. The third-order valence-corrected chi connectivity index (χ3v) is 6.44. The number of ketones is 1. The van der Waals surface area contributed by atoms with Crippen LogP contribution in [0, 0.1) is 12.8 Å². The summed E-state index contributed by atoms with van der Waals surface area (Å²) in [5.74, 6) is 0.780. The number of aryl methyl sites for hydroxylation is 3. The van der Waals surface area contributed by atoms with E-state index < -0.39 is 0 Å². The molecule has 26 heavy (non-hydrogen) atoms. The monoisotopic (exact) mass is 356 g/mol. The zero-order valence-corrected chi connectivity index (χ0v) is 16.7. The molecule has 0 aliphatic heterocycles. The van der Waals surface area contributed by atoms with Gasteiger partial charge in [0.2, 0.25) is 0 Å². The molecule has 1 saturated carbocycles. The Bertz CT molecular complexity index is 696. The molecule has 2 bridgehead atoms. The molecule has 0 amide bonds. The number of ether oxygens (including phenoxy) is 1. The Morgan fingerprint density at radius 3 is 2.23 bits per heavy atom. The largest absolute Gasteiger partial charge is 0.512 e. The maximum atomic E-state index is 13.4. The molecule has 0 radical (unpaired) electrons. The number of hydrogen-bond acceptors (Lipinski definition) is 3. The number of benzene rings is 1. The second-order valence-electron chi connectivity index (χ2n) is 8.12. The molecule has 1 fully saturated rings. The van der Waals surface area contributed by atoms with E-state index in [0.29, 0.717) is 30.1 Å². The topological polar surface area (TPSA) is 46.5 Å². The van der Waals surface area contributed by atoms with Crippen LogP contribution in [0.4, 0.5) is 0 Å². The van der Waals surface area contributed by atoms with Gasteiger partial charge in [-0.2, -0.15) is 0 Å². The first-order valence-electron chi connectivity index (χ1n) is 10.1. The normalized spacial score (nSPS) is 29.4. The lowest BCUT2D eigenvalue weighted by Crippen LogP contribution is -2.38. The molecular formula is C23H32O3. The Morgan fingerprint density at radius 1 is 1.15 bits per heavy atom. The van der Waals surface area contributed by atoms with Gasteiger partial charge in [-0.1, -0.05) is 31.5 Å². The predicted octanol–water partition coefficient (Wildman–Crippen LogP) is 5.33. The number of aliphatic hydroxyl groups is 1. The number of fused-ring (bicyclic) bond motifs is 5. The minimum Gasteiger partial charge on any atom is -0.512 e. The van der Waals surface area contributed by atoms with Crippen molar-refractivity contribution in [3.8, 4) is 0 Å². The van der Waals surface area contributed by atoms with Crippen molar-refractivity contribution >= 4 is 11.4 Å². The van der Waals surface area contributed by atoms with Crippen molar-refractivity contribution in [3.63, 3.8) is 0 Å². The molecule has 0 saturated heterocycles. The van der Waals surface area contributed by atoms with Crippen molar-refractivity contribution in [2.75, 3.05) is 7.11 Å². The summed E-state index contributed by atoms with van der Waals surface area (Å²) in [6.45, 7) is 6.34. The van der Waals surface area contributed by atoms with Gasteiger partial charge in [0.25, 0.3) is 0 Å². The molecule has 1 aromatic carbocycles. The standard InChI is InChI=1S/C23H32O3/c1-5-17-11-15(3)12-18(6-2)21(17)22-19(24)13-16-7-9-23(26-4,10-8-16)14-20(22)25/h11-12,16,24H,5-10,13-14H2,1-4H3/b22-19-. The third kappa shape index (κ3) is 3.46. The fraction of sp³-hybridized carbons (Fsp3) is 0.609. The fourth-order valence-corrected chi connectivity index (χ4v) is 4.88. The number of Topliss-reactive ketones (excluding diaryl/α,β-unsaturated/α-hetero) is 1. The highest BCUT2D eigenvalue weighted by molar-refractivity contribution is 6.22. The van der Waals surface area contributed by atoms with E-state index in [-0.39, 0.29) is 11.4 Å². The van der Waals surface area contributed by atoms with E-state index in [1.54, 1.807) is 7.11 Å². The number of carbonyl (C=O) groups is 1. The SMILES string of the molecule is CCc1cc(C)cc(CC)c1/C1=C(\O)CC2CCC(OC)(CC2)CC1=O. The van der Waals surface area contributed by atoms with Crippen LogP contribution < -0.4 is 0 Å². The van der Waals surface area contributed by atoms with Crippen LogP contribution in [0.1, 0.15) is 74.6 Å². The first-order valence-corrected chi connectivity index (χ1v) is 10.1. The summed E-state index contributed by atoms with van der Waals surface area (Å²) in [4.78, 5) is 13.4. The van der Waals surface area contributed by atoms with Gasteiger partial charge in [-0.05, 0) is 68.1 Å². The van der Waals surface area contributed by atoms with Gasteiger partial charge in [0, 0.05) is 20.0 Å². The molecule has 3 heteroatoms. The van der Waals surface area contributed by atoms with Crippen LogP contribution in [0.3, 0.4) is 0 Å². The first kappa shape index (κ1) is 19.2. The number of methoxy groups -OCH3 is 1. The van der Waals surface area contributed by atoms with Gasteiger partial charge in [-0.25, -0.2) is 0 Å². The third-order valence-electron chi connectivity index (χ3n) is 6.44. The van der Waals surface area contributed by atoms with Crippen LogP contribution in [0.25, 0.3) is 5.57 Å². The second-order valence-corrected chi connectivity index (χ2v) is 8.12. The van der Waals surface area contributed by atoms with Crippen molar-refractivity contribution < 1.29 is 14.6 Å². The maximum absolute atomic E-state index is 13.4. The Balaban J connectivity index is 2.17. The highest BCUT2D eigenvalue weighted by atomic mass is 16.5. The van der Waals surface area contributed by atoms with Gasteiger partial charge in [0.15, 0.2) is 5.78 Å². The van der Waals surface area contributed by atoms with E-state index in [0.717, 1.165) is 55.2 Å². The summed E-state index contributed by atoms with van der Waals surface area (Å²) < 4.78 is 5.85. The smallest absolute Gasteiger partial charge is 0.169 e. The molecule has 1 N–H and O–H groups in total. The number of rotatable bonds is 4.